The van der Waals surface area contributed by atoms with Crippen molar-refractivity contribution in [2.45, 2.75) is 13.0 Å². The van der Waals surface area contributed by atoms with Crippen molar-refractivity contribution in [1.82, 2.24) is 10.2 Å². The average molecular weight is 407 g/mol. The van der Waals surface area contributed by atoms with E-state index < -0.39 is 12.0 Å². The molecule has 4 aromatic rings. The minimum absolute atomic E-state index is 0.0667. The first-order valence-corrected chi connectivity index (χ1v) is 9.40. The van der Waals surface area contributed by atoms with Crippen LogP contribution in [0.2, 0.25) is 0 Å². The first kappa shape index (κ1) is 18.0. The zero-order valence-corrected chi connectivity index (χ0v) is 16.0. The molecule has 9 heteroatoms. The summed E-state index contributed by atoms with van der Waals surface area (Å²) >= 11 is 0. The van der Waals surface area contributed by atoms with Gasteiger partial charge >= 0.3 is 6.01 Å². The van der Waals surface area contributed by atoms with Crippen molar-refractivity contribution >= 4 is 22.9 Å². The Balaban J connectivity index is 1.32. The van der Waals surface area contributed by atoms with Crippen molar-refractivity contribution in [2.24, 2.45) is 0 Å². The lowest BCUT2D eigenvalue weighted by Gasteiger charge is -2.24. The van der Waals surface area contributed by atoms with Gasteiger partial charge in [0.2, 0.25) is 6.10 Å². The zero-order chi connectivity index (χ0) is 20.5. The van der Waals surface area contributed by atoms with Crippen LogP contribution in [-0.4, -0.2) is 35.4 Å². The van der Waals surface area contributed by atoms with E-state index >= 15 is 0 Å². The smallest absolute Gasteiger partial charge is 0.322 e. The fraction of sp³-hybridized carbons (Fsp3) is 0.190. The number of nitrogens with one attached hydrogen (secondary N) is 1. The number of para-hydroxylation sites is 3. The maximum Gasteiger partial charge on any atom is 0.322 e. The molecule has 1 unspecified atom stereocenters. The maximum absolute atomic E-state index is 12.5. The maximum atomic E-state index is 12.5. The van der Waals surface area contributed by atoms with Crippen LogP contribution in [0.25, 0.3) is 22.6 Å². The summed E-state index contributed by atoms with van der Waals surface area (Å²) in [5.74, 6) is 1.78. The van der Waals surface area contributed by atoms with Gasteiger partial charge < -0.3 is 23.0 Å². The molecule has 1 N–H and O–H groups in total. The molecule has 3 heterocycles. The lowest BCUT2D eigenvalue weighted by molar-refractivity contribution is -0.125. The molecular formula is C21H17N3O6. The molecule has 5 rings (SSSR count). The number of anilines is 1. The number of fused-ring (bicyclic) bond motifs is 2. The molecule has 9 nitrogen and oxygen atoms in total. The first-order chi connectivity index (χ1) is 14.7. The van der Waals surface area contributed by atoms with Crippen LogP contribution in [0.1, 0.15) is 6.92 Å². The lowest BCUT2D eigenvalue weighted by atomic mass is 10.2. The quantitative estimate of drug-likeness (QED) is 0.534. The highest BCUT2D eigenvalue weighted by Gasteiger charge is 2.28. The van der Waals surface area contributed by atoms with Crippen molar-refractivity contribution in [2.75, 3.05) is 18.5 Å². The fourth-order valence-electron chi connectivity index (χ4n) is 3.12. The van der Waals surface area contributed by atoms with Crippen LogP contribution in [0, 0.1) is 0 Å². The lowest BCUT2D eigenvalue weighted by Crippen LogP contribution is -2.40. The van der Waals surface area contributed by atoms with Crippen LogP contribution in [0.4, 0.5) is 6.01 Å². The van der Waals surface area contributed by atoms with E-state index in [1.165, 1.54) is 0 Å². The Morgan fingerprint density at radius 1 is 1.13 bits per heavy atom. The molecule has 0 saturated heterocycles. The van der Waals surface area contributed by atoms with Crippen LogP contribution >= 0.6 is 0 Å². The number of hydrogen-bond acceptors (Lipinski definition) is 8. The summed E-state index contributed by atoms with van der Waals surface area (Å²) in [7, 11) is 0. The summed E-state index contributed by atoms with van der Waals surface area (Å²) in [6, 6.07) is 14.4. The highest BCUT2D eigenvalue weighted by molar-refractivity contribution is 5.93. The minimum atomic E-state index is -0.838. The third-order valence-corrected chi connectivity index (χ3v) is 4.47. The van der Waals surface area contributed by atoms with Crippen molar-refractivity contribution < 1.29 is 27.8 Å². The van der Waals surface area contributed by atoms with Crippen LogP contribution in [0.3, 0.4) is 0 Å². The summed E-state index contributed by atoms with van der Waals surface area (Å²) in [6.07, 6.45) is -0.838. The summed E-state index contributed by atoms with van der Waals surface area (Å²) in [5.41, 5.74) is 0.588. The molecule has 0 bridgehead atoms. The average Bonchev–Trinajstić information content (AvgIpc) is 3.41. The van der Waals surface area contributed by atoms with Gasteiger partial charge in [-0.25, -0.2) is 0 Å². The molecule has 1 amide bonds. The van der Waals surface area contributed by atoms with Crippen molar-refractivity contribution in [1.29, 1.82) is 0 Å². The highest BCUT2D eigenvalue weighted by Crippen LogP contribution is 2.34. The Morgan fingerprint density at radius 2 is 2.00 bits per heavy atom. The van der Waals surface area contributed by atoms with Gasteiger partial charge in [0.25, 0.3) is 11.8 Å². The summed E-state index contributed by atoms with van der Waals surface area (Å²) in [4.78, 5) is 12.5. The van der Waals surface area contributed by atoms with Crippen molar-refractivity contribution in [3.05, 3.63) is 48.5 Å². The topological polar surface area (TPSA) is 109 Å². The number of carbonyl (C=O) groups excluding carboxylic acids is 1. The number of benzene rings is 2. The van der Waals surface area contributed by atoms with E-state index in [-0.39, 0.29) is 18.5 Å². The Morgan fingerprint density at radius 3 is 2.87 bits per heavy atom. The molecule has 0 aliphatic carbocycles. The number of amides is 1. The van der Waals surface area contributed by atoms with E-state index in [9.17, 15) is 4.79 Å². The molecule has 30 heavy (non-hydrogen) atoms. The standard InChI is InChI=1S/C21H17N3O6/c1-2-26-15-9-5-6-12-10-16(29-18(12)15)20-23-24-21(30-20)22-19(25)17-11-27-13-7-3-4-8-14(13)28-17/h3-10,17H,2,11H2,1H3,(H,22,24,25). The van der Waals surface area contributed by atoms with E-state index in [0.717, 1.165) is 5.39 Å². The molecule has 152 valence electrons. The van der Waals surface area contributed by atoms with E-state index in [1.807, 2.05) is 31.2 Å². The van der Waals surface area contributed by atoms with Gasteiger partial charge in [0.05, 0.1) is 6.61 Å². The summed E-state index contributed by atoms with van der Waals surface area (Å²) < 4.78 is 28.2. The van der Waals surface area contributed by atoms with Crippen LogP contribution in [-0.2, 0) is 4.79 Å². The molecule has 2 aromatic carbocycles. The number of hydrogen-bond donors (Lipinski definition) is 1. The molecule has 0 radical (unpaired) electrons. The minimum Gasteiger partial charge on any atom is -0.490 e. The number of furan rings is 1. The van der Waals surface area contributed by atoms with Gasteiger partial charge in [-0.1, -0.05) is 29.4 Å². The predicted molar refractivity (Wildman–Crippen MR) is 106 cm³/mol. The SMILES string of the molecule is CCOc1cccc2cc(-c3nnc(NC(=O)C4COc5ccccc5O4)o3)oc12. The van der Waals surface area contributed by atoms with Gasteiger partial charge in [-0.2, -0.15) is 0 Å². The Bertz CT molecular complexity index is 1210. The molecule has 2 aromatic heterocycles. The number of ether oxygens (including phenoxy) is 3. The molecule has 1 aliphatic rings. The second-order valence-corrected chi connectivity index (χ2v) is 6.48. The van der Waals surface area contributed by atoms with Crippen molar-refractivity contribution in [3.63, 3.8) is 0 Å². The Kier molecular flexibility index (Phi) is 4.47. The Labute approximate surface area is 170 Å². The van der Waals surface area contributed by atoms with Crippen LogP contribution in [0.5, 0.6) is 17.2 Å². The third-order valence-electron chi connectivity index (χ3n) is 4.47. The molecule has 1 aliphatic heterocycles. The van der Waals surface area contributed by atoms with Gasteiger partial charge in [-0.15, -0.1) is 5.10 Å². The molecule has 0 saturated carbocycles. The summed E-state index contributed by atoms with van der Waals surface area (Å²) in [5, 5.41) is 11.2. The zero-order valence-electron chi connectivity index (χ0n) is 16.0. The van der Waals surface area contributed by atoms with Gasteiger partial charge in [0.1, 0.15) is 6.61 Å². The predicted octanol–water partition coefficient (Wildman–Crippen LogP) is 3.66. The molecular weight excluding hydrogens is 390 g/mol. The summed E-state index contributed by atoms with van der Waals surface area (Å²) in [6.45, 7) is 2.49. The number of nitrogens with zero attached hydrogens (tertiary/aromatic N) is 2. The second kappa shape index (κ2) is 7.43. The Hall–Kier alpha value is -4.01. The van der Waals surface area contributed by atoms with Crippen LogP contribution < -0.4 is 19.5 Å². The number of aromatic nitrogens is 2. The fourth-order valence-corrected chi connectivity index (χ4v) is 3.12. The van der Waals surface area contributed by atoms with Crippen LogP contribution in [0.15, 0.2) is 57.4 Å². The van der Waals surface area contributed by atoms with E-state index in [4.69, 9.17) is 23.0 Å². The number of carbonyl (C=O) groups is 1. The van der Waals surface area contributed by atoms with Gasteiger partial charge in [-0.3, -0.25) is 10.1 Å². The monoisotopic (exact) mass is 407 g/mol. The van der Waals surface area contributed by atoms with Gasteiger partial charge in [0.15, 0.2) is 28.6 Å². The molecule has 0 fully saturated rings. The first-order valence-electron chi connectivity index (χ1n) is 9.40. The molecule has 1 atom stereocenters. The van der Waals surface area contributed by atoms with E-state index in [1.54, 1.807) is 24.3 Å². The largest absolute Gasteiger partial charge is 0.490 e. The van der Waals surface area contributed by atoms with E-state index in [0.29, 0.717) is 35.2 Å². The molecule has 0 spiro atoms. The van der Waals surface area contributed by atoms with E-state index in [2.05, 4.69) is 15.5 Å². The highest BCUT2D eigenvalue weighted by atomic mass is 16.6. The van der Waals surface area contributed by atoms with Gasteiger partial charge in [-0.05, 0) is 31.2 Å². The third kappa shape index (κ3) is 3.30. The van der Waals surface area contributed by atoms with Gasteiger partial charge in [0, 0.05) is 5.39 Å². The normalized spacial score (nSPS) is 15.2. The number of rotatable bonds is 5. The van der Waals surface area contributed by atoms with Crippen molar-refractivity contribution in [3.8, 4) is 28.9 Å². The second-order valence-electron chi connectivity index (χ2n) is 6.48.